The van der Waals surface area contributed by atoms with Crippen LogP contribution >= 0.6 is 22.7 Å². The van der Waals surface area contributed by atoms with Crippen LogP contribution in [0.1, 0.15) is 85.3 Å². The maximum Gasteiger partial charge on any atom is 0.353 e. The molecular formula is C25H32O2S2. The highest BCUT2D eigenvalue weighted by molar-refractivity contribution is 7.39. The van der Waals surface area contributed by atoms with Crippen molar-refractivity contribution in [3.05, 3.63) is 51.7 Å². The smallest absolute Gasteiger partial charge is 0.353 e. The number of hydrogen-bond donors (Lipinski definition) is 0. The van der Waals surface area contributed by atoms with E-state index in [-0.39, 0.29) is 5.97 Å². The summed E-state index contributed by atoms with van der Waals surface area (Å²) < 4.78 is 6.79. The van der Waals surface area contributed by atoms with Crippen LogP contribution in [0.15, 0.2) is 36.4 Å². The molecule has 3 rings (SSSR count). The molecule has 4 heteroatoms. The minimum absolute atomic E-state index is 0.254. The molecule has 0 aliphatic heterocycles. The lowest BCUT2D eigenvalue weighted by atomic mass is 10.1. The Morgan fingerprint density at radius 3 is 2.24 bits per heavy atom. The van der Waals surface area contributed by atoms with Gasteiger partial charge in [0.2, 0.25) is 0 Å². The van der Waals surface area contributed by atoms with Gasteiger partial charge in [-0.15, -0.1) is 22.7 Å². The lowest BCUT2D eigenvalue weighted by molar-refractivity contribution is 0.0740. The molecule has 2 aromatic heterocycles. The number of carbonyl (C=O) groups excluding carboxylic acids is 1. The normalized spacial score (nSPS) is 11.2. The Labute approximate surface area is 182 Å². The third kappa shape index (κ3) is 6.68. The first-order chi connectivity index (χ1) is 14.2. The van der Waals surface area contributed by atoms with E-state index in [1.807, 2.05) is 41.7 Å². The van der Waals surface area contributed by atoms with E-state index >= 15 is 0 Å². The van der Waals surface area contributed by atoms with E-state index in [1.165, 1.54) is 64.8 Å². The maximum absolute atomic E-state index is 12.5. The molecule has 0 unspecified atom stereocenters. The van der Waals surface area contributed by atoms with Crippen LogP contribution in [0.25, 0.3) is 9.40 Å². The number of esters is 1. The third-order valence-corrected chi connectivity index (χ3v) is 7.60. The van der Waals surface area contributed by atoms with Crippen molar-refractivity contribution in [3.8, 4) is 5.75 Å². The number of aryl methyl sites for hydroxylation is 2. The van der Waals surface area contributed by atoms with Crippen LogP contribution in [-0.2, 0) is 12.8 Å². The molecule has 0 saturated carbocycles. The monoisotopic (exact) mass is 428 g/mol. The summed E-state index contributed by atoms with van der Waals surface area (Å²) in [7, 11) is 0. The third-order valence-electron chi connectivity index (χ3n) is 5.17. The van der Waals surface area contributed by atoms with Crippen molar-refractivity contribution < 1.29 is 9.53 Å². The fourth-order valence-electron chi connectivity index (χ4n) is 3.54. The number of benzene rings is 1. The molecule has 2 nitrogen and oxygen atoms in total. The zero-order valence-corrected chi connectivity index (χ0v) is 19.3. The molecule has 0 fully saturated rings. The molecule has 156 valence electrons. The van der Waals surface area contributed by atoms with Gasteiger partial charge in [0.05, 0.1) is 4.01 Å². The summed E-state index contributed by atoms with van der Waals surface area (Å²) >= 11 is 3.39. The van der Waals surface area contributed by atoms with Gasteiger partial charge in [0.1, 0.15) is 10.6 Å². The Morgan fingerprint density at radius 2 is 1.55 bits per heavy atom. The summed E-state index contributed by atoms with van der Waals surface area (Å²) in [5.74, 6) is 0.363. The largest absolute Gasteiger partial charge is 0.422 e. The first-order valence-electron chi connectivity index (χ1n) is 11.0. The molecule has 0 bridgehead atoms. The highest BCUT2D eigenvalue weighted by Gasteiger charge is 2.15. The number of rotatable bonds is 12. The van der Waals surface area contributed by atoms with Gasteiger partial charge in [0.15, 0.2) is 0 Å². The Balaban J connectivity index is 1.48. The first kappa shape index (κ1) is 22.0. The van der Waals surface area contributed by atoms with Gasteiger partial charge >= 0.3 is 5.97 Å². The molecular weight excluding hydrogens is 396 g/mol. The molecule has 1 aromatic carbocycles. The SMILES string of the molecule is CCCCCCCCCc1cc2cc(C(=O)Oc3ccc(CCC)cc3)sc2s1. The van der Waals surface area contributed by atoms with Crippen molar-refractivity contribution in [1.29, 1.82) is 0 Å². The average molecular weight is 429 g/mol. The van der Waals surface area contributed by atoms with E-state index < -0.39 is 0 Å². The van der Waals surface area contributed by atoms with Gasteiger partial charge in [0, 0.05) is 10.3 Å². The van der Waals surface area contributed by atoms with Crippen molar-refractivity contribution in [3.63, 3.8) is 0 Å². The van der Waals surface area contributed by atoms with Gasteiger partial charge in [0.25, 0.3) is 0 Å². The van der Waals surface area contributed by atoms with Crippen LogP contribution in [0.5, 0.6) is 5.75 Å². The summed E-state index contributed by atoms with van der Waals surface area (Å²) in [6, 6.07) is 12.1. The number of ether oxygens (including phenoxy) is 1. The Hall–Kier alpha value is -1.65. The number of carbonyl (C=O) groups is 1. The predicted octanol–water partition coefficient (Wildman–Crippen LogP) is 8.43. The van der Waals surface area contributed by atoms with Gasteiger partial charge in [-0.1, -0.05) is 70.9 Å². The predicted molar refractivity (Wildman–Crippen MR) is 127 cm³/mol. The topological polar surface area (TPSA) is 26.3 Å². The number of fused-ring (bicyclic) bond motifs is 1. The fourth-order valence-corrected chi connectivity index (χ4v) is 5.95. The van der Waals surface area contributed by atoms with Crippen LogP contribution in [0.2, 0.25) is 0 Å². The molecule has 0 atom stereocenters. The highest BCUT2D eigenvalue weighted by atomic mass is 32.2. The van der Waals surface area contributed by atoms with E-state index in [2.05, 4.69) is 19.9 Å². The van der Waals surface area contributed by atoms with Crippen LogP contribution in [0.3, 0.4) is 0 Å². The Kier molecular flexibility index (Phi) is 8.75. The summed E-state index contributed by atoms with van der Waals surface area (Å²) in [6.07, 6.45) is 12.7. The van der Waals surface area contributed by atoms with E-state index in [0.29, 0.717) is 10.6 Å². The standard InChI is InChI=1S/C25H32O2S2/c1-3-5-6-7-8-9-10-12-22-17-20-18-23(29-25(20)28-22)24(26)27-21-15-13-19(11-4-2)14-16-21/h13-18H,3-12H2,1-2H3. The second-order valence-electron chi connectivity index (χ2n) is 7.72. The zero-order chi connectivity index (χ0) is 20.5. The van der Waals surface area contributed by atoms with Gasteiger partial charge < -0.3 is 4.74 Å². The second-order valence-corrected chi connectivity index (χ2v) is 10.2. The van der Waals surface area contributed by atoms with Gasteiger partial charge in [-0.3, -0.25) is 0 Å². The number of hydrogen-bond acceptors (Lipinski definition) is 4. The molecule has 0 spiro atoms. The number of thiophene rings is 2. The molecule has 0 aliphatic carbocycles. The van der Waals surface area contributed by atoms with Crippen molar-refractivity contribution in [2.24, 2.45) is 0 Å². The van der Waals surface area contributed by atoms with E-state index in [4.69, 9.17) is 4.74 Å². The molecule has 3 aromatic rings. The van der Waals surface area contributed by atoms with Crippen LogP contribution in [0.4, 0.5) is 0 Å². The van der Waals surface area contributed by atoms with Gasteiger partial charge in [-0.2, -0.15) is 0 Å². The average Bonchev–Trinajstić information content (AvgIpc) is 3.28. The van der Waals surface area contributed by atoms with Gasteiger partial charge in [-0.25, -0.2) is 4.79 Å². The van der Waals surface area contributed by atoms with Crippen LogP contribution < -0.4 is 4.74 Å². The molecule has 29 heavy (non-hydrogen) atoms. The second kappa shape index (κ2) is 11.5. The lowest BCUT2D eigenvalue weighted by Gasteiger charge is -2.04. The molecule has 0 radical (unpaired) electrons. The van der Waals surface area contributed by atoms with E-state index in [1.54, 1.807) is 11.3 Å². The van der Waals surface area contributed by atoms with Crippen molar-refractivity contribution in [2.45, 2.75) is 78.1 Å². The van der Waals surface area contributed by atoms with Crippen LogP contribution in [-0.4, -0.2) is 5.97 Å². The van der Waals surface area contributed by atoms with Crippen molar-refractivity contribution in [2.75, 3.05) is 0 Å². The first-order valence-corrected chi connectivity index (χ1v) is 12.7. The minimum atomic E-state index is -0.254. The van der Waals surface area contributed by atoms with Crippen molar-refractivity contribution in [1.82, 2.24) is 0 Å². The summed E-state index contributed by atoms with van der Waals surface area (Å²) in [4.78, 5) is 14.6. The summed E-state index contributed by atoms with van der Waals surface area (Å²) in [5, 5.41) is 1.18. The Morgan fingerprint density at radius 1 is 0.828 bits per heavy atom. The highest BCUT2D eigenvalue weighted by Crippen LogP contribution is 2.35. The summed E-state index contributed by atoms with van der Waals surface area (Å²) in [5.41, 5.74) is 1.28. The Bertz CT molecular complexity index is 858. The van der Waals surface area contributed by atoms with E-state index in [0.717, 1.165) is 19.3 Å². The molecule has 0 aliphatic rings. The minimum Gasteiger partial charge on any atom is -0.422 e. The lowest BCUT2D eigenvalue weighted by Crippen LogP contribution is -2.06. The maximum atomic E-state index is 12.5. The van der Waals surface area contributed by atoms with Crippen molar-refractivity contribution >= 4 is 38.0 Å². The van der Waals surface area contributed by atoms with Gasteiger partial charge in [-0.05, 0) is 49.1 Å². The molecule has 0 amide bonds. The number of unbranched alkanes of at least 4 members (excludes halogenated alkanes) is 6. The van der Waals surface area contributed by atoms with E-state index in [9.17, 15) is 4.79 Å². The fraction of sp³-hybridized carbons (Fsp3) is 0.480. The quantitative estimate of drug-likeness (QED) is 0.164. The molecule has 0 N–H and O–H groups in total. The molecule has 2 heterocycles. The van der Waals surface area contributed by atoms with Crippen LogP contribution in [0, 0.1) is 0 Å². The zero-order valence-electron chi connectivity index (χ0n) is 17.7. The molecule has 0 saturated heterocycles. The summed E-state index contributed by atoms with van der Waals surface area (Å²) in [6.45, 7) is 4.43.